The number of carboxylic acid groups (broad SMARTS) is 1. The van der Waals surface area contributed by atoms with Crippen molar-refractivity contribution in [2.75, 3.05) is 17.2 Å². The van der Waals surface area contributed by atoms with Crippen molar-refractivity contribution in [1.29, 1.82) is 0 Å². The summed E-state index contributed by atoms with van der Waals surface area (Å²) in [6, 6.07) is 13.0. The maximum Gasteiger partial charge on any atom is 0.412 e. The fourth-order valence-corrected chi connectivity index (χ4v) is 2.73. The number of amides is 3. The molecule has 0 aliphatic carbocycles. The Morgan fingerprint density at radius 2 is 1.14 bits per heavy atom. The molecule has 0 aliphatic heterocycles. The van der Waals surface area contributed by atoms with Gasteiger partial charge >= 0.3 is 18.2 Å². The second kappa shape index (κ2) is 13.9. The molecule has 0 aliphatic rings. The van der Waals surface area contributed by atoms with Gasteiger partial charge in [-0.1, -0.05) is 31.2 Å². The lowest BCUT2D eigenvalue weighted by Gasteiger charge is -2.20. The number of carboxylic acids is 1. The van der Waals surface area contributed by atoms with Gasteiger partial charge in [-0.25, -0.2) is 14.4 Å². The number of carbonyl (C=O) groups excluding carboxylic acids is 3. The van der Waals surface area contributed by atoms with Gasteiger partial charge in [0.25, 0.3) is 5.91 Å². The molecule has 0 spiro atoms. The van der Waals surface area contributed by atoms with Crippen molar-refractivity contribution in [3.05, 3.63) is 59.7 Å². The predicted molar refractivity (Wildman–Crippen MR) is 142 cm³/mol. The van der Waals surface area contributed by atoms with Crippen LogP contribution in [0.3, 0.4) is 0 Å². The lowest BCUT2D eigenvalue weighted by Crippen LogP contribution is -2.29. The van der Waals surface area contributed by atoms with E-state index in [4.69, 9.17) is 14.6 Å². The van der Waals surface area contributed by atoms with Crippen molar-refractivity contribution in [2.24, 2.45) is 0 Å². The van der Waals surface area contributed by atoms with E-state index in [2.05, 4.69) is 16.0 Å². The molecule has 0 unspecified atom stereocenters. The van der Waals surface area contributed by atoms with E-state index in [0.29, 0.717) is 17.8 Å². The van der Waals surface area contributed by atoms with Crippen LogP contribution in [0.4, 0.5) is 21.0 Å². The quantitative estimate of drug-likeness (QED) is 0.375. The molecule has 0 saturated heterocycles. The first-order valence-corrected chi connectivity index (χ1v) is 11.8. The standard InChI is InChI=1S/C15H22N2O3.C12H15NO4/c1-5-10-16-13(18)11-8-6-7-9-12(11)17-14(19)20-15(2,3)4;1-12(2,3)17-11(16)13-9-7-5-4-6-8(9)10(14)15/h6-9H,5,10H2,1-4H3,(H,16,18)(H,17,19);4-7H,1-3H3,(H,13,16)(H,14,15). The van der Waals surface area contributed by atoms with E-state index >= 15 is 0 Å². The van der Waals surface area contributed by atoms with Crippen molar-refractivity contribution >= 4 is 35.4 Å². The minimum Gasteiger partial charge on any atom is -0.478 e. The van der Waals surface area contributed by atoms with Crippen molar-refractivity contribution in [2.45, 2.75) is 66.1 Å². The Hall–Kier alpha value is -4.08. The maximum absolute atomic E-state index is 12.0. The topological polar surface area (TPSA) is 143 Å². The molecule has 2 aromatic carbocycles. The molecule has 0 aromatic heterocycles. The van der Waals surface area contributed by atoms with Gasteiger partial charge in [0.1, 0.15) is 11.2 Å². The monoisotopic (exact) mass is 515 g/mol. The van der Waals surface area contributed by atoms with Gasteiger partial charge in [0.2, 0.25) is 0 Å². The first-order chi connectivity index (χ1) is 17.1. The number of hydrogen-bond acceptors (Lipinski definition) is 6. The number of nitrogens with one attached hydrogen (secondary N) is 3. The summed E-state index contributed by atoms with van der Waals surface area (Å²) in [6.07, 6.45) is -0.396. The Bertz CT molecular complexity index is 1090. The van der Waals surface area contributed by atoms with Crippen molar-refractivity contribution in [1.82, 2.24) is 5.32 Å². The van der Waals surface area contributed by atoms with E-state index < -0.39 is 29.4 Å². The molecule has 0 bridgehead atoms. The molecule has 0 heterocycles. The van der Waals surface area contributed by atoms with Gasteiger partial charge in [-0.2, -0.15) is 0 Å². The van der Waals surface area contributed by atoms with E-state index in [1.165, 1.54) is 12.1 Å². The van der Waals surface area contributed by atoms with Crippen LogP contribution in [0.2, 0.25) is 0 Å². The molecule has 4 N–H and O–H groups in total. The number of aromatic carboxylic acids is 1. The zero-order chi connectivity index (χ0) is 28.2. The molecular formula is C27H37N3O7. The van der Waals surface area contributed by atoms with Crippen LogP contribution in [-0.4, -0.2) is 46.9 Å². The second-order valence-electron chi connectivity index (χ2n) is 9.91. The zero-order valence-corrected chi connectivity index (χ0v) is 22.4. The third kappa shape index (κ3) is 12.4. The van der Waals surface area contributed by atoms with E-state index in [1.54, 1.807) is 77.9 Å². The van der Waals surface area contributed by atoms with Crippen LogP contribution in [0.5, 0.6) is 0 Å². The van der Waals surface area contributed by atoms with Crippen molar-refractivity contribution < 1.29 is 33.8 Å². The summed E-state index contributed by atoms with van der Waals surface area (Å²) in [5.41, 5.74) is -0.0964. The molecule has 0 saturated carbocycles. The van der Waals surface area contributed by atoms with E-state index in [-0.39, 0.29) is 17.2 Å². The average Bonchev–Trinajstić information content (AvgIpc) is 2.76. The summed E-state index contributed by atoms with van der Waals surface area (Å²) < 4.78 is 10.2. The molecule has 0 atom stereocenters. The summed E-state index contributed by atoms with van der Waals surface area (Å²) in [6.45, 7) is 13.1. The third-order valence-electron chi connectivity index (χ3n) is 4.14. The fourth-order valence-electron chi connectivity index (χ4n) is 2.73. The van der Waals surface area contributed by atoms with Crippen LogP contribution in [-0.2, 0) is 9.47 Å². The Morgan fingerprint density at radius 3 is 1.54 bits per heavy atom. The number of anilines is 2. The van der Waals surface area contributed by atoms with E-state index in [9.17, 15) is 19.2 Å². The Kier molecular flexibility index (Phi) is 11.6. The Labute approximate surface area is 217 Å². The number of benzene rings is 2. The van der Waals surface area contributed by atoms with Gasteiger partial charge in [0.15, 0.2) is 0 Å². The van der Waals surface area contributed by atoms with Crippen LogP contribution in [0.1, 0.15) is 75.6 Å². The van der Waals surface area contributed by atoms with E-state index in [1.807, 2.05) is 6.92 Å². The molecule has 37 heavy (non-hydrogen) atoms. The lowest BCUT2D eigenvalue weighted by molar-refractivity contribution is 0.0623. The highest BCUT2D eigenvalue weighted by Gasteiger charge is 2.19. The zero-order valence-electron chi connectivity index (χ0n) is 22.4. The number of hydrogen-bond donors (Lipinski definition) is 4. The Balaban J connectivity index is 0.000000375. The first kappa shape index (κ1) is 31.0. The SMILES string of the molecule is CC(C)(C)OC(=O)Nc1ccccc1C(=O)O.CCCNC(=O)c1ccccc1NC(=O)OC(C)(C)C. The smallest absolute Gasteiger partial charge is 0.412 e. The van der Waals surface area contributed by atoms with Gasteiger partial charge in [-0.3, -0.25) is 15.4 Å². The predicted octanol–water partition coefficient (Wildman–Crippen LogP) is 5.91. The highest BCUT2D eigenvalue weighted by molar-refractivity contribution is 6.02. The summed E-state index contributed by atoms with van der Waals surface area (Å²) in [5.74, 6) is -1.31. The van der Waals surface area contributed by atoms with Crippen LogP contribution >= 0.6 is 0 Å². The highest BCUT2D eigenvalue weighted by Crippen LogP contribution is 2.18. The van der Waals surface area contributed by atoms with Crippen molar-refractivity contribution in [3.63, 3.8) is 0 Å². The minimum absolute atomic E-state index is 0.0263. The average molecular weight is 516 g/mol. The summed E-state index contributed by atoms with van der Waals surface area (Å²) >= 11 is 0. The molecule has 202 valence electrons. The highest BCUT2D eigenvalue weighted by atomic mass is 16.6. The molecule has 10 heteroatoms. The van der Waals surface area contributed by atoms with Crippen LogP contribution < -0.4 is 16.0 Å². The molecule has 3 amide bonds. The second-order valence-corrected chi connectivity index (χ2v) is 9.91. The number of rotatable bonds is 6. The van der Waals surface area contributed by atoms with E-state index in [0.717, 1.165) is 6.42 Å². The van der Waals surface area contributed by atoms with Gasteiger partial charge in [-0.15, -0.1) is 0 Å². The molecule has 2 rings (SSSR count). The number of ether oxygens (including phenoxy) is 2. The van der Waals surface area contributed by atoms with Crippen LogP contribution in [0.15, 0.2) is 48.5 Å². The van der Waals surface area contributed by atoms with Crippen LogP contribution in [0, 0.1) is 0 Å². The molecular weight excluding hydrogens is 478 g/mol. The summed E-state index contributed by atoms with van der Waals surface area (Å²) in [4.78, 5) is 46.1. The number of carbonyl (C=O) groups is 4. The Morgan fingerprint density at radius 1 is 0.730 bits per heavy atom. The van der Waals surface area contributed by atoms with Crippen molar-refractivity contribution in [3.8, 4) is 0 Å². The van der Waals surface area contributed by atoms with Crippen LogP contribution in [0.25, 0.3) is 0 Å². The molecule has 0 fully saturated rings. The largest absolute Gasteiger partial charge is 0.478 e. The van der Waals surface area contributed by atoms with Gasteiger partial charge in [-0.05, 0) is 72.2 Å². The summed E-state index contributed by atoms with van der Waals surface area (Å²) in [5, 5.41) is 16.7. The van der Waals surface area contributed by atoms with Gasteiger partial charge < -0.3 is 19.9 Å². The maximum atomic E-state index is 12.0. The minimum atomic E-state index is -1.10. The van der Waals surface area contributed by atoms with Gasteiger partial charge in [0, 0.05) is 6.54 Å². The molecule has 2 aromatic rings. The molecule has 0 radical (unpaired) electrons. The first-order valence-electron chi connectivity index (χ1n) is 11.8. The lowest BCUT2D eigenvalue weighted by atomic mass is 10.1. The number of para-hydroxylation sites is 2. The third-order valence-corrected chi connectivity index (χ3v) is 4.14. The fraction of sp³-hybridized carbons (Fsp3) is 0.407. The summed E-state index contributed by atoms with van der Waals surface area (Å²) in [7, 11) is 0. The molecule has 10 nitrogen and oxygen atoms in total. The normalized spacial score (nSPS) is 10.8. The van der Waals surface area contributed by atoms with Gasteiger partial charge in [0.05, 0.1) is 22.5 Å².